The maximum atomic E-state index is 12.5. The number of amides is 1. The lowest BCUT2D eigenvalue weighted by atomic mass is 10.0. The number of hydrogen-bond donors (Lipinski definition) is 3. The van der Waals surface area contributed by atoms with Crippen molar-refractivity contribution in [3.63, 3.8) is 0 Å². The number of benzene rings is 1. The highest BCUT2D eigenvalue weighted by Crippen LogP contribution is 2.36. The molecule has 7 nitrogen and oxygen atoms in total. The highest BCUT2D eigenvalue weighted by molar-refractivity contribution is 5.99. The highest BCUT2D eigenvalue weighted by atomic mass is 19.4. The first-order chi connectivity index (χ1) is 11.2. The minimum absolute atomic E-state index is 0.0759. The molecule has 0 saturated heterocycles. The molecule has 24 heavy (non-hydrogen) atoms. The van der Waals surface area contributed by atoms with Crippen LogP contribution in [0.25, 0.3) is 0 Å². The summed E-state index contributed by atoms with van der Waals surface area (Å²) in [4.78, 5) is 15.2. The Morgan fingerprint density at radius 3 is 2.79 bits per heavy atom. The maximum Gasteiger partial charge on any atom is 0.573 e. The van der Waals surface area contributed by atoms with E-state index in [0.717, 1.165) is 6.07 Å². The molecule has 1 aromatic carbocycles. The van der Waals surface area contributed by atoms with Gasteiger partial charge in [0.05, 0.1) is 0 Å². The normalized spacial score (nSPS) is 17.2. The number of carbonyl (C=O) groups is 1. The van der Waals surface area contributed by atoms with Gasteiger partial charge in [0, 0.05) is 5.56 Å². The lowest BCUT2D eigenvalue weighted by Crippen LogP contribution is -2.31. The van der Waals surface area contributed by atoms with Gasteiger partial charge < -0.3 is 14.6 Å². The molecular weight excluding hydrogens is 333 g/mol. The lowest BCUT2D eigenvalue weighted by Gasteiger charge is -2.15. The SMILES string of the molecule is CCCc1cc(C2=N[C@@H](C(=O)NO)CO2)cc(OC(F)(F)F)c1O. The van der Waals surface area contributed by atoms with Crippen LogP contribution in [0.15, 0.2) is 17.1 Å². The molecular formula is C14H15F3N2O5. The van der Waals surface area contributed by atoms with E-state index in [-0.39, 0.29) is 23.6 Å². The van der Waals surface area contributed by atoms with Gasteiger partial charge >= 0.3 is 6.36 Å². The van der Waals surface area contributed by atoms with Gasteiger partial charge in [-0.3, -0.25) is 10.0 Å². The van der Waals surface area contributed by atoms with E-state index in [9.17, 15) is 23.1 Å². The molecule has 1 heterocycles. The number of aryl methyl sites for hydroxylation is 1. The topological polar surface area (TPSA) is 100 Å². The van der Waals surface area contributed by atoms with Gasteiger partial charge in [-0.05, 0) is 24.1 Å². The molecule has 0 aliphatic carbocycles. The van der Waals surface area contributed by atoms with Crippen LogP contribution in [-0.2, 0) is 16.0 Å². The molecule has 1 aliphatic rings. The molecule has 10 heteroatoms. The average Bonchev–Trinajstić information content (AvgIpc) is 2.99. The lowest BCUT2D eigenvalue weighted by molar-refractivity contribution is -0.275. The fourth-order valence-corrected chi connectivity index (χ4v) is 2.19. The summed E-state index contributed by atoms with van der Waals surface area (Å²) in [6.07, 6.45) is -4.09. The molecule has 1 amide bonds. The second kappa shape index (κ2) is 6.95. The first-order valence-electron chi connectivity index (χ1n) is 7.01. The van der Waals surface area contributed by atoms with E-state index in [4.69, 9.17) is 9.94 Å². The summed E-state index contributed by atoms with van der Waals surface area (Å²) in [5, 5.41) is 18.5. The summed E-state index contributed by atoms with van der Waals surface area (Å²) in [6, 6.07) is 1.33. The number of hydrogen-bond acceptors (Lipinski definition) is 6. The Balaban J connectivity index is 2.41. The fourth-order valence-electron chi connectivity index (χ4n) is 2.19. The van der Waals surface area contributed by atoms with Gasteiger partial charge in [0.25, 0.3) is 5.91 Å². The summed E-state index contributed by atoms with van der Waals surface area (Å²) in [6.45, 7) is 1.63. The van der Waals surface area contributed by atoms with Gasteiger partial charge in [-0.25, -0.2) is 10.5 Å². The molecule has 0 aromatic heterocycles. The molecule has 0 bridgehead atoms. The summed E-state index contributed by atoms with van der Waals surface area (Å²) in [5.41, 5.74) is 1.78. The average molecular weight is 348 g/mol. The number of rotatable bonds is 5. The van der Waals surface area contributed by atoms with Crippen molar-refractivity contribution in [1.82, 2.24) is 5.48 Å². The third kappa shape index (κ3) is 4.07. The zero-order valence-corrected chi connectivity index (χ0v) is 12.6. The predicted octanol–water partition coefficient (Wildman–Crippen LogP) is 1.89. The molecule has 0 fully saturated rings. The Morgan fingerprint density at radius 2 is 2.21 bits per heavy atom. The number of ether oxygens (including phenoxy) is 2. The van der Waals surface area contributed by atoms with Crippen LogP contribution in [0.5, 0.6) is 11.5 Å². The number of alkyl halides is 3. The van der Waals surface area contributed by atoms with E-state index >= 15 is 0 Å². The van der Waals surface area contributed by atoms with Crippen LogP contribution in [0.2, 0.25) is 0 Å². The smallest absolute Gasteiger partial charge is 0.504 e. The van der Waals surface area contributed by atoms with Crippen molar-refractivity contribution in [2.24, 2.45) is 4.99 Å². The highest BCUT2D eigenvalue weighted by Gasteiger charge is 2.34. The van der Waals surface area contributed by atoms with Crippen molar-refractivity contribution in [3.8, 4) is 11.5 Å². The molecule has 3 N–H and O–H groups in total. The monoisotopic (exact) mass is 348 g/mol. The van der Waals surface area contributed by atoms with Crippen LogP contribution in [0.4, 0.5) is 13.2 Å². The number of carbonyl (C=O) groups excluding carboxylic acids is 1. The number of phenolic OH excluding ortho intramolecular Hbond substituents is 1. The van der Waals surface area contributed by atoms with Crippen molar-refractivity contribution >= 4 is 11.8 Å². The van der Waals surface area contributed by atoms with Crippen LogP contribution in [0.1, 0.15) is 24.5 Å². The van der Waals surface area contributed by atoms with Gasteiger partial charge in [0.1, 0.15) is 6.61 Å². The summed E-state index contributed by atoms with van der Waals surface area (Å²) < 4.78 is 46.5. The molecule has 0 spiro atoms. The van der Waals surface area contributed by atoms with Gasteiger partial charge in [-0.2, -0.15) is 0 Å². The third-order valence-corrected chi connectivity index (χ3v) is 3.21. The van der Waals surface area contributed by atoms with Gasteiger partial charge in [-0.1, -0.05) is 13.3 Å². The van der Waals surface area contributed by atoms with E-state index in [2.05, 4.69) is 9.73 Å². The van der Waals surface area contributed by atoms with E-state index in [1.54, 1.807) is 6.92 Å². The third-order valence-electron chi connectivity index (χ3n) is 3.21. The van der Waals surface area contributed by atoms with E-state index in [1.807, 2.05) is 0 Å². The van der Waals surface area contributed by atoms with Crippen molar-refractivity contribution in [2.45, 2.75) is 32.2 Å². The van der Waals surface area contributed by atoms with Crippen LogP contribution in [-0.4, -0.2) is 41.1 Å². The predicted molar refractivity (Wildman–Crippen MR) is 75.0 cm³/mol. The molecule has 1 atom stereocenters. The van der Waals surface area contributed by atoms with Crippen LogP contribution < -0.4 is 10.2 Å². The summed E-state index contributed by atoms with van der Waals surface area (Å²) in [5.74, 6) is -2.26. The molecule has 2 rings (SSSR count). The molecule has 1 aromatic rings. The number of nitrogens with one attached hydrogen (secondary N) is 1. The Kier molecular flexibility index (Phi) is 5.17. The number of hydroxylamine groups is 1. The minimum atomic E-state index is -4.97. The van der Waals surface area contributed by atoms with Crippen molar-refractivity contribution < 1.29 is 37.8 Å². The molecule has 0 unspecified atom stereocenters. The first kappa shape index (κ1) is 17.9. The Hall–Kier alpha value is -2.49. The summed E-state index contributed by atoms with van der Waals surface area (Å²) >= 11 is 0. The van der Waals surface area contributed by atoms with Gasteiger partial charge in [0.2, 0.25) is 5.90 Å². The van der Waals surface area contributed by atoms with Gasteiger partial charge in [0.15, 0.2) is 17.5 Å². The van der Waals surface area contributed by atoms with Crippen molar-refractivity contribution in [3.05, 3.63) is 23.3 Å². The fraction of sp³-hybridized carbons (Fsp3) is 0.429. The number of phenols is 1. The largest absolute Gasteiger partial charge is 0.573 e. The van der Waals surface area contributed by atoms with Crippen LogP contribution in [0.3, 0.4) is 0 Å². The Morgan fingerprint density at radius 1 is 1.50 bits per heavy atom. The second-order valence-corrected chi connectivity index (χ2v) is 5.02. The quantitative estimate of drug-likeness (QED) is 0.557. The Labute approximate surface area is 134 Å². The zero-order chi connectivity index (χ0) is 17.9. The molecule has 1 aliphatic heterocycles. The summed E-state index contributed by atoms with van der Waals surface area (Å²) in [7, 11) is 0. The standard InChI is InChI=1S/C14H15F3N2O5/c1-2-3-7-4-8(5-10(11(7)20)24-14(15,16)17)13-18-9(6-23-13)12(21)19-22/h4-5,9,20,22H,2-3,6H2,1H3,(H,19,21)/t9-/m1/s1. The number of aromatic hydroxyl groups is 1. The molecule has 0 radical (unpaired) electrons. The first-order valence-corrected chi connectivity index (χ1v) is 7.01. The zero-order valence-electron chi connectivity index (χ0n) is 12.6. The van der Waals surface area contributed by atoms with E-state index in [0.29, 0.717) is 12.8 Å². The Bertz CT molecular complexity index is 661. The van der Waals surface area contributed by atoms with Gasteiger partial charge in [-0.15, -0.1) is 13.2 Å². The van der Waals surface area contributed by atoms with Crippen LogP contribution >= 0.6 is 0 Å². The van der Waals surface area contributed by atoms with Crippen molar-refractivity contribution in [1.29, 1.82) is 0 Å². The number of nitrogens with zero attached hydrogens (tertiary/aromatic N) is 1. The maximum absolute atomic E-state index is 12.5. The number of halogens is 3. The van der Waals surface area contributed by atoms with E-state index < -0.39 is 29.8 Å². The number of aliphatic imine (C=N–C) groups is 1. The van der Waals surface area contributed by atoms with Crippen molar-refractivity contribution in [2.75, 3.05) is 6.61 Å². The van der Waals surface area contributed by atoms with Crippen LogP contribution in [0, 0.1) is 0 Å². The molecule has 132 valence electrons. The second-order valence-electron chi connectivity index (χ2n) is 5.02. The minimum Gasteiger partial charge on any atom is -0.504 e. The molecule has 0 saturated carbocycles. The van der Waals surface area contributed by atoms with E-state index in [1.165, 1.54) is 11.5 Å².